The third-order valence-corrected chi connectivity index (χ3v) is 3.87. The van der Waals surface area contributed by atoms with Crippen molar-refractivity contribution in [3.05, 3.63) is 34.9 Å². The lowest BCUT2D eigenvalue weighted by Gasteiger charge is -2.30. The number of hydrogen-bond donors (Lipinski definition) is 1. The fourth-order valence-electron chi connectivity index (χ4n) is 2.77. The summed E-state index contributed by atoms with van der Waals surface area (Å²) in [4.78, 5) is 0. The summed E-state index contributed by atoms with van der Waals surface area (Å²) in [7, 11) is 0. The van der Waals surface area contributed by atoms with Gasteiger partial charge in [-0.1, -0.05) is 30.7 Å². The van der Waals surface area contributed by atoms with Crippen LogP contribution >= 0.6 is 0 Å². The second-order valence-electron chi connectivity index (χ2n) is 5.04. The van der Waals surface area contributed by atoms with Crippen LogP contribution in [0.4, 0.5) is 0 Å². The number of aliphatic hydroxyl groups is 1. The molecule has 0 aliphatic heterocycles. The van der Waals surface area contributed by atoms with E-state index >= 15 is 0 Å². The lowest BCUT2D eigenvalue weighted by Crippen LogP contribution is -2.29. The quantitative estimate of drug-likeness (QED) is 0.744. The number of aryl methyl sites for hydroxylation is 2. The minimum absolute atomic E-state index is 0.387. The van der Waals surface area contributed by atoms with Gasteiger partial charge in [0.2, 0.25) is 0 Å². The summed E-state index contributed by atoms with van der Waals surface area (Å²) in [5, 5.41) is 10.7. The normalized spacial score (nSPS) is 30.8. The average Bonchev–Trinajstić information content (AvgIpc) is 2.52. The van der Waals surface area contributed by atoms with Crippen LogP contribution in [-0.4, -0.2) is 5.11 Å². The number of rotatable bonds is 1. The first kappa shape index (κ1) is 10.7. The van der Waals surface area contributed by atoms with Crippen molar-refractivity contribution in [2.45, 2.75) is 45.6 Å². The molecule has 2 atom stereocenters. The van der Waals surface area contributed by atoms with Crippen LogP contribution in [0.3, 0.4) is 0 Å². The van der Waals surface area contributed by atoms with E-state index < -0.39 is 5.60 Å². The van der Waals surface area contributed by atoms with Gasteiger partial charge in [0.1, 0.15) is 0 Å². The number of benzene rings is 1. The van der Waals surface area contributed by atoms with Crippen molar-refractivity contribution < 1.29 is 5.11 Å². The van der Waals surface area contributed by atoms with E-state index in [1.165, 1.54) is 11.1 Å². The van der Waals surface area contributed by atoms with E-state index in [-0.39, 0.29) is 0 Å². The zero-order chi connectivity index (χ0) is 11.1. The first-order chi connectivity index (χ1) is 7.04. The van der Waals surface area contributed by atoms with E-state index in [1.807, 2.05) is 0 Å². The SMILES string of the molecule is Cc1ccc(C)c(C2(O)CCCC2C)c1. The zero-order valence-electron chi connectivity index (χ0n) is 9.88. The van der Waals surface area contributed by atoms with Gasteiger partial charge in [-0.15, -0.1) is 0 Å². The second-order valence-corrected chi connectivity index (χ2v) is 5.04. The molecule has 1 aromatic rings. The van der Waals surface area contributed by atoms with Crippen molar-refractivity contribution in [2.75, 3.05) is 0 Å². The molecule has 2 unspecified atom stereocenters. The summed E-state index contributed by atoms with van der Waals surface area (Å²) < 4.78 is 0. The Bertz CT molecular complexity index is 370. The van der Waals surface area contributed by atoms with Crippen LogP contribution in [0.2, 0.25) is 0 Å². The van der Waals surface area contributed by atoms with E-state index in [9.17, 15) is 5.11 Å². The Morgan fingerprint density at radius 1 is 1.33 bits per heavy atom. The van der Waals surface area contributed by atoms with Gasteiger partial charge < -0.3 is 5.11 Å². The molecule has 0 aromatic heterocycles. The Kier molecular flexibility index (Phi) is 2.59. The molecule has 1 aromatic carbocycles. The molecule has 1 fully saturated rings. The Hall–Kier alpha value is -0.820. The van der Waals surface area contributed by atoms with Crippen LogP contribution in [0, 0.1) is 19.8 Å². The van der Waals surface area contributed by atoms with E-state index in [4.69, 9.17) is 0 Å². The predicted molar refractivity (Wildman–Crippen MR) is 62.8 cm³/mol. The topological polar surface area (TPSA) is 20.2 Å². The molecular formula is C14H20O. The van der Waals surface area contributed by atoms with Gasteiger partial charge in [-0.3, -0.25) is 0 Å². The van der Waals surface area contributed by atoms with Crippen molar-refractivity contribution in [3.63, 3.8) is 0 Å². The van der Waals surface area contributed by atoms with Crippen molar-refractivity contribution in [1.82, 2.24) is 0 Å². The van der Waals surface area contributed by atoms with Gasteiger partial charge in [0.25, 0.3) is 0 Å². The Morgan fingerprint density at radius 3 is 2.67 bits per heavy atom. The van der Waals surface area contributed by atoms with Crippen LogP contribution in [0.15, 0.2) is 18.2 Å². The van der Waals surface area contributed by atoms with Crippen molar-refractivity contribution in [1.29, 1.82) is 0 Å². The predicted octanol–water partition coefficient (Wildman–Crippen LogP) is 3.31. The second kappa shape index (κ2) is 3.64. The summed E-state index contributed by atoms with van der Waals surface area (Å²) in [6, 6.07) is 6.38. The molecule has 15 heavy (non-hydrogen) atoms. The third kappa shape index (κ3) is 1.69. The first-order valence-corrected chi connectivity index (χ1v) is 5.84. The molecule has 0 saturated heterocycles. The highest BCUT2D eigenvalue weighted by Crippen LogP contribution is 2.44. The van der Waals surface area contributed by atoms with Crippen LogP contribution in [0.25, 0.3) is 0 Å². The Balaban J connectivity index is 2.48. The van der Waals surface area contributed by atoms with Gasteiger partial charge in [0.05, 0.1) is 5.60 Å². The summed E-state index contributed by atoms with van der Waals surface area (Å²) in [5.41, 5.74) is 3.03. The molecule has 0 bridgehead atoms. The molecule has 0 heterocycles. The molecule has 1 N–H and O–H groups in total. The highest BCUT2D eigenvalue weighted by atomic mass is 16.3. The van der Waals surface area contributed by atoms with Gasteiger partial charge in [0, 0.05) is 0 Å². The first-order valence-electron chi connectivity index (χ1n) is 5.84. The van der Waals surface area contributed by atoms with Crippen LogP contribution < -0.4 is 0 Å². The van der Waals surface area contributed by atoms with Gasteiger partial charge >= 0.3 is 0 Å². The highest BCUT2D eigenvalue weighted by Gasteiger charge is 2.40. The lowest BCUT2D eigenvalue weighted by molar-refractivity contribution is 0.00386. The fourth-order valence-corrected chi connectivity index (χ4v) is 2.77. The van der Waals surface area contributed by atoms with Gasteiger partial charge in [0.15, 0.2) is 0 Å². The molecule has 0 amide bonds. The molecule has 82 valence electrons. The minimum Gasteiger partial charge on any atom is -0.385 e. The Morgan fingerprint density at radius 2 is 2.07 bits per heavy atom. The summed E-state index contributed by atoms with van der Waals surface area (Å²) in [6.45, 7) is 6.35. The van der Waals surface area contributed by atoms with E-state index in [1.54, 1.807) is 0 Å². The maximum atomic E-state index is 10.7. The maximum absolute atomic E-state index is 10.7. The number of hydrogen-bond acceptors (Lipinski definition) is 1. The Labute approximate surface area is 92.1 Å². The van der Waals surface area contributed by atoms with E-state index in [0.29, 0.717) is 5.92 Å². The molecule has 0 spiro atoms. The zero-order valence-corrected chi connectivity index (χ0v) is 9.88. The van der Waals surface area contributed by atoms with Crippen LogP contribution in [0.1, 0.15) is 42.9 Å². The molecule has 1 saturated carbocycles. The molecule has 1 nitrogen and oxygen atoms in total. The third-order valence-electron chi connectivity index (χ3n) is 3.87. The molecule has 2 rings (SSSR count). The van der Waals surface area contributed by atoms with Crippen molar-refractivity contribution in [3.8, 4) is 0 Å². The van der Waals surface area contributed by atoms with Crippen molar-refractivity contribution >= 4 is 0 Å². The van der Waals surface area contributed by atoms with Crippen molar-refractivity contribution in [2.24, 2.45) is 5.92 Å². The fraction of sp³-hybridized carbons (Fsp3) is 0.571. The average molecular weight is 204 g/mol. The minimum atomic E-state index is -0.573. The summed E-state index contributed by atoms with van der Waals surface area (Å²) in [6.07, 6.45) is 3.20. The van der Waals surface area contributed by atoms with Crippen LogP contribution in [-0.2, 0) is 5.60 Å². The largest absolute Gasteiger partial charge is 0.385 e. The molecular weight excluding hydrogens is 184 g/mol. The highest BCUT2D eigenvalue weighted by molar-refractivity contribution is 5.36. The van der Waals surface area contributed by atoms with Gasteiger partial charge in [-0.05, 0) is 50.2 Å². The maximum Gasteiger partial charge on any atom is 0.0924 e. The molecule has 1 aliphatic carbocycles. The van der Waals surface area contributed by atoms with Gasteiger partial charge in [-0.2, -0.15) is 0 Å². The molecule has 1 aliphatic rings. The smallest absolute Gasteiger partial charge is 0.0924 e. The van der Waals surface area contributed by atoms with Crippen LogP contribution in [0.5, 0.6) is 0 Å². The van der Waals surface area contributed by atoms with E-state index in [0.717, 1.165) is 24.8 Å². The molecule has 0 radical (unpaired) electrons. The monoisotopic (exact) mass is 204 g/mol. The summed E-state index contributed by atoms with van der Waals surface area (Å²) >= 11 is 0. The van der Waals surface area contributed by atoms with Gasteiger partial charge in [-0.25, -0.2) is 0 Å². The standard InChI is InChI=1S/C14H20O/c1-10-6-7-11(2)13(9-10)14(15)8-4-5-12(14)3/h6-7,9,12,15H,4-5,8H2,1-3H3. The summed E-state index contributed by atoms with van der Waals surface area (Å²) in [5.74, 6) is 0.387. The lowest BCUT2D eigenvalue weighted by atomic mass is 9.82. The van der Waals surface area contributed by atoms with E-state index in [2.05, 4.69) is 39.0 Å². The molecule has 1 heteroatoms.